The molecule has 0 heterocycles. The molecule has 1 atom stereocenters. The fourth-order valence-electron chi connectivity index (χ4n) is 6.05. The highest BCUT2D eigenvalue weighted by molar-refractivity contribution is 5.71. The Morgan fingerprint density at radius 1 is 0.388 bits per heavy atom. The summed E-state index contributed by atoms with van der Waals surface area (Å²) in [5.41, 5.74) is 0. The maximum absolute atomic E-state index is 12.6. The van der Waals surface area contributed by atoms with Crippen molar-refractivity contribution >= 4 is 17.9 Å². The minimum Gasteiger partial charge on any atom is -0.462 e. The topological polar surface area (TPSA) is 78.9 Å². The smallest absolute Gasteiger partial charge is 0.306 e. The van der Waals surface area contributed by atoms with Crippen LogP contribution in [0.2, 0.25) is 0 Å². The number of esters is 3. The summed E-state index contributed by atoms with van der Waals surface area (Å²) < 4.78 is 16.4. The summed E-state index contributed by atoms with van der Waals surface area (Å²) in [6.07, 6.45) is 39.8. The molecule has 0 radical (unpaired) electrons. The molecule has 288 valence electrons. The van der Waals surface area contributed by atoms with E-state index in [1.807, 2.05) is 0 Å². The Hall–Kier alpha value is -1.85. The van der Waals surface area contributed by atoms with E-state index in [0.29, 0.717) is 19.3 Å². The van der Waals surface area contributed by atoms with Gasteiger partial charge in [0.2, 0.25) is 0 Å². The summed E-state index contributed by atoms with van der Waals surface area (Å²) in [6.45, 7) is 6.44. The average molecular weight is 693 g/mol. The van der Waals surface area contributed by atoms with Gasteiger partial charge in [-0.05, 0) is 32.1 Å². The normalized spacial score (nSPS) is 12.0. The molecular weight excluding hydrogens is 612 g/mol. The largest absolute Gasteiger partial charge is 0.462 e. The number of carbonyl (C=O) groups is 3. The molecule has 0 aliphatic rings. The highest BCUT2D eigenvalue weighted by Gasteiger charge is 2.19. The molecule has 6 heteroatoms. The van der Waals surface area contributed by atoms with Crippen molar-refractivity contribution < 1.29 is 28.6 Å². The van der Waals surface area contributed by atoms with Crippen molar-refractivity contribution in [1.29, 1.82) is 0 Å². The molecule has 0 aromatic carbocycles. The Kier molecular flexibility index (Phi) is 37.5. The van der Waals surface area contributed by atoms with Gasteiger partial charge in [-0.3, -0.25) is 14.4 Å². The molecule has 0 N–H and O–H groups in total. The van der Waals surface area contributed by atoms with Crippen LogP contribution in [0.5, 0.6) is 0 Å². The van der Waals surface area contributed by atoms with E-state index in [0.717, 1.165) is 44.9 Å². The Labute approximate surface area is 303 Å². The zero-order valence-electron chi connectivity index (χ0n) is 32.7. The predicted octanol–water partition coefficient (Wildman–Crippen LogP) is 13.1. The summed E-state index contributed by atoms with van der Waals surface area (Å²) in [7, 11) is 0. The number of hydrogen-bond donors (Lipinski definition) is 0. The van der Waals surface area contributed by atoms with E-state index in [1.165, 1.54) is 135 Å². The standard InChI is InChI=1S/C43H80O6/c1-4-7-10-12-14-16-18-20-21-23-24-26-28-30-33-36-42(45)48-39-40(38-47-41(44)35-32-9-6-3)49-43(46)37-34-31-29-27-25-22-19-17-15-13-11-8-5-2/h28,30,40H,4-27,29,31-39H2,1-3H3/b30-28-. The molecule has 6 nitrogen and oxygen atoms in total. The Morgan fingerprint density at radius 2 is 0.714 bits per heavy atom. The molecule has 0 rings (SSSR count). The first-order valence-corrected chi connectivity index (χ1v) is 21.2. The third-order valence-electron chi connectivity index (χ3n) is 9.28. The third kappa shape index (κ3) is 37.2. The van der Waals surface area contributed by atoms with Crippen molar-refractivity contribution in [2.45, 2.75) is 232 Å². The molecule has 0 aromatic rings. The van der Waals surface area contributed by atoms with E-state index in [1.54, 1.807) is 0 Å². The predicted molar refractivity (Wildman–Crippen MR) is 206 cm³/mol. The van der Waals surface area contributed by atoms with Crippen molar-refractivity contribution in [3.63, 3.8) is 0 Å². The lowest BCUT2D eigenvalue weighted by atomic mass is 10.0. The number of ether oxygens (including phenoxy) is 3. The Balaban J connectivity index is 4.15. The van der Waals surface area contributed by atoms with E-state index < -0.39 is 6.10 Å². The van der Waals surface area contributed by atoms with Crippen LogP contribution in [-0.2, 0) is 28.6 Å². The summed E-state index contributed by atoms with van der Waals surface area (Å²) >= 11 is 0. The van der Waals surface area contributed by atoms with Crippen LogP contribution in [0, 0.1) is 0 Å². The first-order chi connectivity index (χ1) is 24.0. The number of hydrogen-bond acceptors (Lipinski definition) is 6. The van der Waals surface area contributed by atoms with Gasteiger partial charge in [0.15, 0.2) is 6.10 Å². The second-order valence-corrected chi connectivity index (χ2v) is 14.3. The maximum Gasteiger partial charge on any atom is 0.306 e. The lowest BCUT2D eigenvalue weighted by molar-refractivity contribution is -0.166. The first-order valence-electron chi connectivity index (χ1n) is 21.2. The van der Waals surface area contributed by atoms with Crippen molar-refractivity contribution in [1.82, 2.24) is 0 Å². The van der Waals surface area contributed by atoms with E-state index in [-0.39, 0.29) is 37.5 Å². The monoisotopic (exact) mass is 693 g/mol. The van der Waals surface area contributed by atoms with Gasteiger partial charge < -0.3 is 14.2 Å². The quantitative estimate of drug-likeness (QED) is 0.0277. The van der Waals surface area contributed by atoms with E-state index in [2.05, 4.69) is 32.9 Å². The molecule has 0 saturated carbocycles. The molecule has 49 heavy (non-hydrogen) atoms. The van der Waals surface area contributed by atoms with Crippen LogP contribution in [0.3, 0.4) is 0 Å². The van der Waals surface area contributed by atoms with Crippen molar-refractivity contribution in [2.75, 3.05) is 13.2 Å². The molecular formula is C43H80O6. The van der Waals surface area contributed by atoms with Crippen LogP contribution in [0.25, 0.3) is 0 Å². The highest BCUT2D eigenvalue weighted by Crippen LogP contribution is 2.15. The second kappa shape index (κ2) is 38.9. The van der Waals surface area contributed by atoms with Crippen LogP contribution in [-0.4, -0.2) is 37.2 Å². The minimum atomic E-state index is -0.773. The van der Waals surface area contributed by atoms with Gasteiger partial charge >= 0.3 is 17.9 Å². The van der Waals surface area contributed by atoms with Crippen LogP contribution in [0.15, 0.2) is 12.2 Å². The van der Waals surface area contributed by atoms with Gasteiger partial charge in [-0.1, -0.05) is 187 Å². The molecule has 1 unspecified atom stereocenters. The minimum absolute atomic E-state index is 0.0819. The fraction of sp³-hybridized carbons (Fsp3) is 0.884. The Bertz CT molecular complexity index is 763. The molecule has 0 aliphatic carbocycles. The summed E-state index contributed by atoms with van der Waals surface area (Å²) in [4.78, 5) is 37.1. The number of rotatable bonds is 38. The van der Waals surface area contributed by atoms with Crippen molar-refractivity contribution in [2.24, 2.45) is 0 Å². The van der Waals surface area contributed by atoms with Crippen molar-refractivity contribution in [3.05, 3.63) is 12.2 Å². The van der Waals surface area contributed by atoms with Gasteiger partial charge in [-0.15, -0.1) is 0 Å². The lowest BCUT2D eigenvalue weighted by Gasteiger charge is -2.18. The molecule has 0 spiro atoms. The second-order valence-electron chi connectivity index (χ2n) is 14.3. The summed E-state index contributed by atoms with van der Waals surface area (Å²) in [5.74, 6) is -0.956. The fourth-order valence-corrected chi connectivity index (χ4v) is 6.05. The first kappa shape index (κ1) is 47.1. The van der Waals surface area contributed by atoms with E-state index >= 15 is 0 Å². The average Bonchev–Trinajstić information content (AvgIpc) is 3.09. The highest BCUT2D eigenvalue weighted by atomic mass is 16.6. The number of unbranched alkanes of at least 4 members (excludes halogenated alkanes) is 25. The van der Waals surface area contributed by atoms with Crippen LogP contribution in [0.4, 0.5) is 0 Å². The van der Waals surface area contributed by atoms with Gasteiger partial charge in [0.1, 0.15) is 13.2 Å². The maximum atomic E-state index is 12.6. The van der Waals surface area contributed by atoms with Crippen molar-refractivity contribution in [3.8, 4) is 0 Å². The molecule has 0 amide bonds. The Morgan fingerprint density at radius 3 is 1.18 bits per heavy atom. The lowest BCUT2D eigenvalue weighted by Crippen LogP contribution is -2.30. The van der Waals surface area contributed by atoms with Crippen LogP contribution in [0.1, 0.15) is 226 Å². The number of allylic oxidation sites excluding steroid dienone is 2. The van der Waals surface area contributed by atoms with Crippen LogP contribution >= 0.6 is 0 Å². The van der Waals surface area contributed by atoms with E-state index in [4.69, 9.17) is 14.2 Å². The third-order valence-corrected chi connectivity index (χ3v) is 9.28. The van der Waals surface area contributed by atoms with Gasteiger partial charge in [0.05, 0.1) is 0 Å². The molecule has 0 aromatic heterocycles. The molecule has 0 saturated heterocycles. The molecule has 0 aliphatic heterocycles. The zero-order chi connectivity index (χ0) is 35.9. The van der Waals surface area contributed by atoms with Gasteiger partial charge in [-0.2, -0.15) is 0 Å². The zero-order valence-corrected chi connectivity index (χ0v) is 32.7. The molecule has 0 fully saturated rings. The van der Waals surface area contributed by atoms with Gasteiger partial charge in [0, 0.05) is 19.3 Å². The summed E-state index contributed by atoms with van der Waals surface area (Å²) in [6, 6.07) is 0. The summed E-state index contributed by atoms with van der Waals surface area (Å²) in [5, 5.41) is 0. The van der Waals surface area contributed by atoms with Gasteiger partial charge in [-0.25, -0.2) is 0 Å². The SMILES string of the molecule is CCCCCCCCCCCCC/C=C\CCC(=O)OCC(COC(=O)CCCCC)OC(=O)CCCCCCCCCCCCCCC. The number of carbonyl (C=O) groups excluding carboxylic acids is 3. The van der Waals surface area contributed by atoms with E-state index in [9.17, 15) is 14.4 Å². The van der Waals surface area contributed by atoms with Crippen LogP contribution < -0.4 is 0 Å². The molecule has 0 bridgehead atoms. The van der Waals surface area contributed by atoms with Gasteiger partial charge in [0.25, 0.3) is 0 Å².